The molecule has 30 heavy (non-hydrogen) atoms. The molecule has 3 aromatic rings. The van der Waals surface area contributed by atoms with E-state index in [0.717, 1.165) is 26.2 Å². The highest BCUT2D eigenvalue weighted by atomic mass is 19.1. The van der Waals surface area contributed by atoms with Gasteiger partial charge in [0.05, 0.1) is 6.54 Å². The summed E-state index contributed by atoms with van der Waals surface area (Å²) in [6.45, 7) is 8.53. The van der Waals surface area contributed by atoms with E-state index in [4.69, 9.17) is 4.42 Å². The van der Waals surface area contributed by atoms with Gasteiger partial charge in [0.1, 0.15) is 12.1 Å². The third-order valence-corrected chi connectivity index (χ3v) is 5.53. The fraction of sp³-hybridized carbons (Fsp3) is 0.304. The first kappa shape index (κ1) is 20.1. The zero-order chi connectivity index (χ0) is 21.1. The number of rotatable bonds is 5. The first-order valence-corrected chi connectivity index (χ1v) is 10.0. The Morgan fingerprint density at radius 3 is 2.57 bits per heavy atom. The molecule has 4 rings (SSSR count). The molecule has 0 saturated carbocycles. The molecule has 1 N–H and O–H groups in total. The molecule has 0 aliphatic carbocycles. The second kappa shape index (κ2) is 8.67. The largest absolute Gasteiger partial charge is 0.447 e. The van der Waals surface area contributed by atoms with Crippen LogP contribution < -0.4 is 10.2 Å². The van der Waals surface area contributed by atoms with Gasteiger partial charge in [0, 0.05) is 37.6 Å². The predicted octanol–water partition coefficient (Wildman–Crippen LogP) is 4.01. The van der Waals surface area contributed by atoms with Crippen LogP contribution in [-0.4, -0.2) is 42.0 Å². The fourth-order valence-electron chi connectivity index (χ4n) is 3.63. The molecular weight excluding hydrogens is 383 g/mol. The average Bonchev–Trinajstić information content (AvgIpc) is 3.21. The van der Waals surface area contributed by atoms with Crippen molar-refractivity contribution in [2.45, 2.75) is 20.4 Å². The van der Waals surface area contributed by atoms with E-state index in [1.54, 1.807) is 0 Å². The number of nitrogens with one attached hydrogen (secondary N) is 1. The van der Waals surface area contributed by atoms with E-state index in [2.05, 4.69) is 52.1 Å². The summed E-state index contributed by atoms with van der Waals surface area (Å²) in [5.41, 5.74) is 4.65. The zero-order valence-electron chi connectivity index (χ0n) is 17.2. The van der Waals surface area contributed by atoms with Crippen LogP contribution in [-0.2, 0) is 6.54 Å². The number of aryl methyl sites for hydroxylation is 1. The summed E-state index contributed by atoms with van der Waals surface area (Å²) in [5, 5.41) is 2.69. The van der Waals surface area contributed by atoms with Crippen molar-refractivity contribution in [2.24, 2.45) is 0 Å². The van der Waals surface area contributed by atoms with E-state index in [1.165, 1.54) is 47.3 Å². The molecule has 6 nitrogen and oxygen atoms in total. The summed E-state index contributed by atoms with van der Waals surface area (Å²) in [4.78, 5) is 21.3. The summed E-state index contributed by atoms with van der Waals surface area (Å²) < 4.78 is 18.5. The quantitative estimate of drug-likeness (QED) is 0.691. The first-order chi connectivity index (χ1) is 14.5. The summed E-state index contributed by atoms with van der Waals surface area (Å²) >= 11 is 0. The highest BCUT2D eigenvalue weighted by Gasteiger charge is 2.21. The Kier molecular flexibility index (Phi) is 5.81. The summed E-state index contributed by atoms with van der Waals surface area (Å²) in [6.07, 6.45) is 1.36. The number of hydrogen-bond acceptors (Lipinski definition) is 5. The molecule has 0 bridgehead atoms. The van der Waals surface area contributed by atoms with Gasteiger partial charge < -0.3 is 14.6 Å². The number of halogens is 1. The molecule has 7 heteroatoms. The molecule has 1 fully saturated rings. The van der Waals surface area contributed by atoms with Crippen LogP contribution in [0.3, 0.4) is 0 Å². The fourth-order valence-corrected chi connectivity index (χ4v) is 3.63. The van der Waals surface area contributed by atoms with Crippen molar-refractivity contribution in [3.63, 3.8) is 0 Å². The van der Waals surface area contributed by atoms with Crippen molar-refractivity contribution in [1.82, 2.24) is 9.88 Å². The Hall–Kier alpha value is -3.19. The molecule has 1 aliphatic heterocycles. The second-order valence-electron chi connectivity index (χ2n) is 7.57. The number of carbonyl (C=O) groups is 1. The van der Waals surface area contributed by atoms with E-state index in [-0.39, 0.29) is 17.4 Å². The zero-order valence-corrected chi connectivity index (χ0v) is 17.2. The number of nitrogens with zero attached hydrogens (tertiary/aromatic N) is 3. The van der Waals surface area contributed by atoms with E-state index in [1.807, 2.05) is 0 Å². The topological polar surface area (TPSA) is 61.6 Å². The van der Waals surface area contributed by atoms with Gasteiger partial charge >= 0.3 is 0 Å². The van der Waals surface area contributed by atoms with Crippen molar-refractivity contribution < 1.29 is 13.6 Å². The van der Waals surface area contributed by atoms with Crippen LogP contribution >= 0.6 is 0 Å². The van der Waals surface area contributed by atoms with Crippen LogP contribution in [0.1, 0.15) is 27.5 Å². The van der Waals surface area contributed by atoms with Crippen LogP contribution in [0, 0.1) is 19.7 Å². The van der Waals surface area contributed by atoms with Gasteiger partial charge in [-0.2, -0.15) is 0 Å². The highest BCUT2D eigenvalue weighted by Crippen LogP contribution is 2.24. The van der Waals surface area contributed by atoms with Gasteiger partial charge in [-0.3, -0.25) is 9.69 Å². The molecular formula is C23H25FN4O2. The molecule has 1 aliphatic rings. The van der Waals surface area contributed by atoms with Crippen molar-refractivity contribution in [1.29, 1.82) is 0 Å². The maximum Gasteiger partial charge on any atom is 0.277 e. The number of anilines is 2. The first-order valence-electron chi connectivity index (χ1n) is 10.0. The molecule has 0 radical (unpaired) electrons. The second-order valence-corrected chi connectivity index (χ2v) is 7.57. The lowest BCUT2D eigenvalue weighted by Crippen LogP contribution is -2.46. The molecule has 0 atom stereocenters. The molecule has 0 spiro atoms. The molecule has 1 saturated heterocycles. The predicted molar refractivity (Wildman–Crippen MR) is 114 cm³/mol. The maximum absolute atomic E-state index is 13.0. The van der Waals surface area contributed by atoms with Gasteiger partial charge in [-0.1, -0.05) is 12.1 Å². The molecule has 0 unspecified atom stereocenters. The van der Waals surface area contributed by atoms with Crippen LogP contribution in [0.25, 0.3) is 0 Å². The van der Waals surface area contributed by atoms with E-state index in [9.17, 15) is 9.18 Å². The van der Waals surface area contributed by atoms with Gasteiger partial charge in [-0.25, -0.2) is 9.37 Å². The Morgan fingerprint density at radius 2 is 1.83 bits per heavy atom. The van der Waals surface area contributed by atoms with E-state index < -0.39 is 0 Å². The Balaban J connectivity index is 1.32. The Labute approximate surface area is 175 Å². The summed E-state index contributed by atoms with van der Waals surface area (Å²) in [6, 6.07) is 12.0. The van der Waals surface area contributed by atoms with Gasteiger partial charge in [0.25, 0.3) is 5.91 Å². The highest BCUT2D eigenvalue weighted by molar-refractivity contribution is 6.02. The molecule has 2 aromatic carbocycles. The number of amides is 1. The number of hydrogen-bond donors (Lipinski definition) is 1. The normalized spacial score (nSPS) is 14.7. The summed E-state index contributed by atoms with van der Waals surface area (Å²) in [5.74, 6) is -0.217. The molecule has 1 aromatic heterocycles. The number of benzene rings is 2. The van der Waals surface area contributed by atoms with Crippen LogP contribution in [0.2, 0.25) is 0 Å². The van der Waals surface area contributed by atoms with Gasteiger partial charge in [-0.05, 0) is 55.3 Å². The number of oxazole rings is 1. The smallest absolute Gasteiger partial charge is 0.277 e. The van der Waals surface area contributed by atoms with E-state index >= 15 is 0 Å². The van der Waals surface area contributed by atoms with Crippen molar-refractivity contribution in [3.05, 3.63) is 77.3 Å². The minimum atomic E-state index is -0.378. The van der Waals surface area contributed by atoms with Crippen molar-refractivity contribution >= 4 is 17.3 Å². The lowest BCUT2D eigenvalue weighted by Gasteiger charge is -2.36. The lowest BCUT2D eigenvalue weighted by atomic mass is 10.1. The van der Waals surface area contributed by atoms with Gasteiger partial charge in [-0.15, -0.1) is 0 Å². The number of carbonyl (C=O) groups excluding carboxylic acids is 1. The number of piperazine rings is 1. The maximum atomic E-state index is 13.0. The number of aromatic nitrogens is 1. The van der Waals surface area contributed by atoms with Crippen molar-refractivity contribution in [2.75, 3.05) is 36.4 Å². The minimum Gasteiger partial charge on any atom is -0.447 e. The Bertz CT molecular complexity index is 1020. The molecule has 156 valence electrons. The standard InChI is InChI=1S/C23H25FN4O2/c1-16-4-3-5-21(17(16)2)28-12-10-27(11-13-28)14-22-26-20(15-30-22)23(29)25-19-8-6-18(24)7-9-19/h3-9,15H,10-14H2,1-2H3,(H,25,29). The monoisotopic (exact) mass is 408 g/mol. The van der Waals surface area contributed by atoms with Crippen LogP contribution in [0.15, 0.2) is 53.1 Å². The summed E-state index contributed by atoms with van der Waals surface area (Å²) in [7, 11) is 0. The minimum absolute atomic E-state index is 0.211. The SMILES string of the molecule is Cc1cccc(N2CCN(Cc3nc(C(=O)Nc4ccc(F)cc4)co3)CC2)c1C. The van der Waals surface area contributed by atoms with Gasteiger partial charge in [0.2, 0.25) is 5.89 Å². The lowest BCUT2D eigenvalue weighted by molar-refractivity contribution is 0.102. The average molecular weight is 408 g/mol. The third kappa shape index (κ3) is 4.52. The van der Waals surface area contributed by atoms with Crippen molar-refractivity contribution in [3.8, 4) is 0 Å². The van der Waals surface area contributed by atoms with E-state index in [0.29, 0.717) is 18.1 Å². The van der Waals surface area contributed by atoms with Crippen LogP contribution in [0.5, 0.6) is 0 Å². The van der Waals surface area contributed by atoms with Crippen LogP contribution in [0.4, 0.5) is 15.8 Å². The molecule has 2 heterocycles. The van der Waals surface area contributed by atoms with Gasteiger partial charge in [0.15, 0.2) is 5.69 Å². The third-order valence-electron chi connectivity index (χ3n) is 5.53. The molecule has 1 amide bonds. The Morgan fingerprint density at radius 1 is 1.10 bits per heavy atom.